The molecular formula is C23H33ClN4O4. The molecule has 3 rings (SSSR count). The van der Waals surface area contributed by atoms with Crippen molar-refractivity contribution in [2.24, 2.45) is 0 Å². The number of benzene rings is 1. The average molecular weight is 465 g/mol. The van der Waals surface area contributed by atoms with Crippen molar-refractivity contribution in [3.8, 4) is 17.2 Å². The predicted octanol–water partition coefficient (Wildman–Crippen LogP) is 3.77. The molecule has 0 aliphatic carbocycles. The molecule has 176 valence electrons. The first-order valence-electron chi connectivity index (χ1n) is 11.3. The van der Waals surface area contributed by atoms with Crippen molar-refractivity contribution in [2.75, 3.05) is 44.8 Å². The molecule has 32 heavy (non-hydrogen) atoms. The molecule has 1 saturated heterocycles. The highest BCUT2D eigenvalue weighted by Crippen LogP contribution is 2.36. The van der Waals surface area contributed by atoms with Gasteiger partial charge in [-0.1, -0.05) is 11.6 Å². The Hall–Kier alpha value is -2.29. The third-order valence-corrected chi connectivity index (χ3v) is 5.56. The van der Waals surface area contributed by atoms with Gasteiger partial charge in [0.05, 0.1) is 32.2 Å². The van der Waals surface area contributed by atoms with Crippen LogP contribution in [0.15, 0.2) is 24.5 Å². The normalized spacial score (nSPS) is 14.9. The smallest absolute Gasteiger partial charge is 0.223 e. The minimum Gasteiger partial charge on any atom is -0.492 e. The molecule has 8 nitrogen and oxygen atoms in total. The standard InChI is InChI=1S/C23H33ClN4O4/c1-3-30-20-12-17(13-21(22(20)24)31-4-2)16-28-8-6-18(7-9-28)27-23-25-14-19(15-26-23)32-11-5-10-29/h12-15,18,29H,3-11,16H2,1-2H3,(H,25,26,27). The van der Waals surface area contributed by atoms with E-state index in [9.17, 15) is 0 Å². The number of ether oxygens (including phenoxy) is 3. The number of aromatic nitrogens is 2. The van der Waals surface area contributed by atoms with Crippen LogP contribution in [0.5, 0.6) is 17.2 Å². The molecule has 1 aromatic heterocycles. The van der Waals surface area contributed by atoms with Crippen molar-refractivity contribution in [2.45, 2.75) is 45.7 Å². The Bertz CT molecular complexity index is 802. The average Bonchev–Trinajstić information content (AvgIpc) is 2.80. The number of hydrogen-bond donors (Lipinski definition) is 2. The van der Waals surface area contributed by atoms with Crippen molar-refractivity contribution in [3.05, 3.63) is 35.1 Å². The lowest BCUT2D eigenvalue weighted by Crippen LogP contribution is -2.39. The first-order chi connectivity index (χ1) is 15.6. The van der Waals surface area contributed by atoms with Gasteiger partial charge in [0.15, 0.2) is 5.75 Å². The molecule has 1 aliphatic rings. The number of nitrogens with one attached hydrogen (secondary N) is 1. The number of aliphatic hydroxyl groups excluding tert-OH is 1. The molecule has 9 heteroatoms. The summed E-state index contributed by atoms with van der Waals surface area (Å²) in [6, 6.07) is 4.35. The van der Waals surface area contributed by atoms with Gasteiger partial charge in [-0.15, -0.1) is 0 Å². The summed E-state index contributed by atoms with van der Waals surface area (Å²) in [4.78, 5) is 11.1. The molecule has 1 aliphatic heterocycles. The largest absolute Gasteiger partial charge is 0.492 e. The van der Waals surface area contributed by atoms with Gasteiger partial charge in [0.2, 0.25) is 5.95 Å². The Balaban J connectivity index is 1.50. The van der Waals surface area contributed by atoms with Crippen LogP contribution in [0, 0.1) is 0 Å². The Morgan fingerprint density at radius 2 is 1.69 bits per heavy atom. The molecule has 1 fully saturated rings. The fourth-order valence-electron chi connectivity index (χ4n) is 3.63. The Morgan fingerprint density at radius 1 is 1.06 bits per heavy atom. The van der Waals surface area contributed by atoms with Crippen molar-refractivity contribution in [3.63, 3.8) is 0 Å². The minimum atomic E-state index is 0.110. The van der Waals surface area contributed by atoms with Gasteiger partial charge in [0.1, 0.15) is 16.5 Å². The SMILES string of the molecule is CCOc1cc(CN2CCC(Nc3ncc(OCCCO)cn3)CC2)cc(OCC)c1Cl. The highest BCUT2D eigenvalue weighted by Gasteiger charge is 2.21. The highest BCUT2D eigenvalue weighted by atomic mass is 35.5. The molecule has 0 unspecified atom stereocenters. The summed E-state index contributed by atoms with van der Waals surface area (Å²) in [6.45, 7) is 8.34. The summed E-state index contributed by atoms with van der Waals surface area (Å²) in [6.07, 6.45) is 5.92. The number of likely N-dealkylation sites (tertiary alicyclic amines) is 1. The van der Waals surface area contributed by atoms with Crippen molar-refractivity contribution >= 4 is 17.5 Å². The van der Waals surface area contributed by atoms with E-state index in [4.69, 9.17) is 30.9 Å². The third kappa shape index (κ3) is 7.12. The molecule has 0 atom stereocenters. The first kappa shape index (κ1) is 24.4. The summed E-state index contributed by atoms with van der Waals surface area (Å²) in [5, 5.41) is 12.8. The molecule has 2 heterocycles. The summed E-state index contributed by atoms with van der Waals surface area (Å²) < 4.78 is 16.9. The lowest BCUT2D eigenvalue weighted by molar-refractivity contribution is 0.210. The summed E-state index contributed by atoms with van der Waals surface area (Å²) in [5.74, 6) is 2.57. The van der Waals surface area contributed by atoms with Gasteiger partial charge in [-0.2, -0.15) is 0 Å². The van der Waals surface area contributed by atoms with Crippen LogP contribution < -0.4 is 19.5 Å². The van der Waals surface area contributed by atoms with E-state index in [2.05, 4.69) is 20.2 Å². The van der Waals surface area contributed by atoms with Crippen molar-refractivity contribution in [1.29, 1.82) is 0 Å². The maximum atomic E-state index is 8.81. The number of hydrogen-bond acceptors (Lipinski definition) is 8. The second-order valence-corrected chi connectivity index (χ2v) is 8.01. The highest BCUT2D eigenvalue weighted by molar-refractivity contribution is 6.33. The zero-order chi connectivity index (χ0) is 22.8. The van der Waals surface area contributed by atoms with Crippen LogP contribution >= 0.6 is 11.6 Å². The fraction of sp³-hybridized carbons (Fsp3) is 0.565. The van der Waals surface area contributed by atoms with Gasteiger partial charge >= 0.3 is 0 Å². The van der Waals surface area contributed by atoms with Crippen molar-refractivity contribution in [1.82, 2.24) is 14.9 Å². The third-order valence-electron chi connectivity index (χ3n) is 5.19. The molecule has 0 radical (unpaired) electrons. The second kappa shape index (κ2) is 12.7. The molecule has 1 aromatic carbocycles. The van der Waals surface area contributed by atoms with Gasteiger partial charge in [0, 0.05) is 38.7 Å². The molecule has 2 N–H and O–H groups in total. The van der Waals surface area contributed by atoms with Gasteiger partial charge in [-0.3, -0.25) is 4.90 Å². The Kier molecular flexibility index (Phi) is 9.64. The Morgan fingerprint density at radius 3 is 2.25 bits per heavy atom. The lowest BCUT2D eigenvalue weighted by atomic mass is 10.0. The van der Waals surface area contributed by atoms with E-state index in [1.165, 1.54) is 0 Å². The number of nitrogens with zero attached hydrogens (tertiary/aromatic N) is 3. The molecule has 2 aromatic rings. The van der Waals surface area contributed by atoms with E-state index in [-0.39, 0.29) is 6.61 Å². The Labute approximate surface area is 194 Å². The van der Waals surface area contributed by atoms with Gasteiger partial charge < -0.3 is 24.6 Å². The minimum absolute atomic E-state index is 0.110. The number of rotatable bonds is 12. The number of anilines is 1. The van der Waals surface area contributed by atoms with Gasteiger partial charge in [-0.25, -0.2) is 9.97 Å². The number of halogens is 1. The summed E-state index contributed by atoms with van der Waals surface area (Å²) in [7, 11) is 0. The van der Waals surface area contributed by atoms with E-state index in [1.54, 1.807) is 12.4 Å². The van der Waals surface area contributed by atoms with E-state index in [1.807, 2.05) is 26.0 Å². The van der Waals surface area contributed by atoms with Crippen LogP contribution in [-0.4, -0.2) is 65.5 Å². The first-order valence-corrected chi connectivity index (χ1v) is 11.6. The molecular weight excluding hydrogens is 432 g/mol. The monoisotopic (exact) mass is 464 g/mol. The van der Waals surface area contributed by atoms with Gasteiger partial charge in [0.25, 0.3) is 0 Å². The molecule has 0 amide bonds. The predicted molar refractivity (Wildman–Crippen MR) is 125 cm³/mol. The maximum absolute atomic E-state index is 8.81. The maximum Gasteiger partial charge on any atom is 0.223 e. The summed E-state index contributed by atoms with van der Waals surface area (Å²) >= 11 is 6.42. The second-order valence-electron chi connectivity index (χ2n) is 7.63. The number of piperidine rings is 1. The van der Waals surface area contributed by atoms with Crippen LogP contribution in [-0.2, 0) is 6.54 Å². The van der Waals surface area contributed by atoms with E-state index in [0.29, 0.717) is 60.5 Å². The van der Waals surface area contributed by atoms with E-state index in [0.717, 1.165) is 38.0 Å². The van der Waals surface area contributed by atoms with E-state index < -0.39 is 0 Å². The van der Waals surface area contributed by atoms with Crippen LogP contribution in [0.1, 0.15) is 38.7 Å². The van der Waals surface area contributed by atoms with Crippen LogP contribution in [0.3, 0.4) is 0 Å². The van der Waals surface area contributed by atoms with Crippen LogP contribution in [0.25, 0.3) is 0 Å². The van der Waals surface area contributed by atoms with Gasteiger partial charge in [-0.05, 0) is 44.4 Å². The topological polar surface area (TPSA) is 89.0 Å². The van der Waals surface area contributed by atoms with Crippen LogP contribution in [0.4, 0.5) is 5.95 Å². The number of aliphatic hydroxyl groups is 1. The van der Waals surface area contributed by atoms with Crippen molar-refractivity contribution < 1.29 is 19.3 Å². The molecule has 0 saturated carbocycles. The zero-order valence-electron chi connectivity index (χ0n) is 18.8. The summed E-state index contributed by atoms with van der Waals surface area (Å²) in [5.41, 5.74) is 1.13. The fourth-order valence-corrected chi connectivity index (χ4v) is 3.85. The molecule has 0 bridgehead atoms. The quantitative estimate of drug-likeness (QED) is 0.459. The molecule has 0 spiro atoms. The lowest BCUT2D eigenvalue weighted by Gasteiger charge is -2.32. The zero-order valence-corrected chi connectivity index (χ0v) is 19.6. The van der Waals surface area contributed by atoms with E-state index >= 15 is 0 Å². The van der Waals surface area contributed by atoms with Crippen LogP contribution in [0.2, 0.25) is 5.02 Å².